The number of likely N-dealkylation sites (tertiary alicyclic amines) is 2. The van der Waals surface area contributed by atoms with E-state index in [1.807, 2.05) is 30.3 Å². The maximum absolute atomic E-state index is 12.3. The quantitative estimate of drug-likeness (QED) is 0.445. The van der Waals surface area contributed by atoms with Gasteiger partial charge in [0.15, 0.2) is 0 Å². The van der Waals surface area contributed by atoms with Crippen molar-refractivity contribution in [2.24, 2.45) is 0 Å². The van der Waals surface area contributed by atoms with E-state index in [9.17, 15) is 15.2 Å². The van der Waals surface area contributed by atoms with Crippen LogP contribution in [0, 0.1) is 11.3 Å². The summed E-state index contributed by atoms with van der Waals surface area (Å²) in [4.78, 5) is 26.2. The standard InChI is InChI=1S/C33H37N5O3/c1-3-30(40)38-15-12-33(21-34,13-16-38)31-27-11-10-23(28-19-25(39)17-22-7-4-5-9-26(22)28)18-29(27)35-32(36-31)41-20-24-8-6-14-37(24)2/h3-5,7,9,17,19,23-24,39H,1,6,8,10-16,18,20H2,2H3/t23?,24-/m0/s1. The molecule has 2 saturated heterocycles. The number of piperidine rings is 1. The number of fused-ring (bicyclic) bond motifs is 2. The number of carbonyl (C=O) groups excluding carboxylic acids is 1. The molecule has 8 nitrogen and oxygen atoms in total. The van der Waals surface area contributed by atoms with Gasteiger partial charge in [0, 0.05) is 19.1 Å². The number of phenols is 1. The van der Waals surface area contributed by atoms with Crippen molar-refractivity contribution in [3.63, 3.8) is 0 Å². The normalized spacial score (nSPS) is 22.2. The zero-order chi connectivity index (χ0) is 28.6. The lowest BCUT2D eigenvalue weighted by Crippen LogP contribution is -2.45. The summed E-state index contributed by atoms with van der Waals surface area (Å²) >= 11 is 0. The molecule has 6 rings (SSSR count). The van der Waals surface area contributed by atoms with E-state index in [0.29, 0.717) is 51.0 Å². The molecule has 2 aromatic carbocycles. The third-order valence-electron chi connectivity index (χ3n) is 9.42. The topological polar surface area (TPSA) is 103 Å². The molecule has 0 saturated carbocycles. The molecule has 1 unspecified atom stereocenters. The molecule has 1 amide bonds. The Morgan fingerprint density at radius 3 is 2.76 bits per heavy atom. The van der Waals surface area contributed by atoms with Gasteiger partial charge in [-0.2, -0.15) is 15.2 Å². The molecular weight excluding hydrogens is 514 g/mol. The Kier molecular flexibility index (Phi) is 7.39. The monoisotopic (exact) mass is 551 g/mol. The van der Waals surface area contributed by atoms with Gasteiger partial charge in [-0.1, -0.05) is 30.8 Å². The molecule has 1 aromatic heterocycles. The number of rotatable bonds is 6. The molecule has 2 aliphatic heterocycles. The number of benzene rings is 2. The molecule has 3 aromatic rings. The fourth-order valence-electron chi connectivity index (χ4n) is 6.98. The summed E-state index contributed by atoms with van der Waals surface area (Å²) in [7, 11) is 2.12. The SMILES string of the molecule is C=CC(=O)N1CCC(C#N)(c2nc(OC[C@@H]3CCCN3C)nc3c2CCC(c2cc(O)cc4ccccc24)C3)CC1. The van der Waals surface area contributed by atoms with Crippen LogP contribution >= 0.6 is 0 Å². The van der Waals surface area contributed by atoms with Crippen LogP contribution in [-0.2, 0) is 23.1 Å². The lowest BCUT2D eigenvalue weighted by Gasteiger charge is -2.38. The molecule has 2 atom stereocenters. The summed E-state index contributed by atoms with van der Waals surface area (Å²) in [5, 5.41) is 23.3. The molecule has 2 fully saturated rings. The van der Waals surface area contributed by atoms with Crippen molar-refractivity contribution >= 4 is 16.7 Å². The molecule has 8 heteroatoms. The molecule has 1 N–H and O–H groups in total. The predicted octanol–water partition coefficient (Wildman–Crippen LogP) is 4.65. The lowest BCUT2D eigenvalue weighted by atomic mass is 9.71. The summed E-state index contributed by atoms with van der Waals surface area (Å²) in [6, 6.07) is 15.1. The second-order valence-corrected chi connectivity index (χ2v) is 11.8. The van der Waals surface area contributed by atoms with E-state index in [1.165, 1.54) is 6.08 Å². The molecule has 0 spiro atoms. The second kappa shape index (κ2) is 11.1. The van der Waals surface area contributed by atoms with Gasteiger partial charge in [-0.05, 0) is 105 Å². The van der Waals surface area contributed by atoms with Crippen LogP contribution in [0.5, 0.6) is 11.8 Å². The second-order valence-electron chi connectivity index (χ2n) is 11.8. The Morgan fingerprint density at radius 2 is 2.02 bits per heavy atom. The van der Waals surface area contributed by atoms with Gasteiger partial charge in [0.1, 0.15) is 17.8 Å². The Balaban J connectivity index is 1.37. The fourth-order valence-corrected chi connectivity index (χ4v) is 6.98. The first-order chi connectivity index (χ1) is 19.9. The molecule has 1 aliphatic carbocycles. The van der Waals surface area contributed by atoms with Crippen LogP contribution in [0.15, 0.2) is 49.1 Å². The Bertz CT molecular complexity index is 1520. The number of aromatic hydroxyl groups is 1. The zero-order valence-electron chi connectivity index (χ0n) is 23.7. The molecule has 3 aliphatic rings. The van der Waals surface area contributed by atoms with Gasteiger partial charge in [0.2, 0.25) is 5.91 Å². The van der Waals surface area contributed by atoms with Crippen LogP contribution in [-0.4, -0.2) is 70.1 Å². The Labute approximate surface area is 241 Å². The maximum Gasteiger partial charge on any atom is 0.316 e. The largest absolute Gasteiger partial charge is 0.508 e. The van der Waals surface area contributed by atoms with E-state index < -0.39 is 5.41 Å². The van der Waals surface area contributed by atoms with Crippen LogP contribution in [0.3, 0.4) is 0 Å². The van der Waals surface area contributed by atoms with Crippen molar-refractivity contribution in [3.8, 4) is 17.8 Å². The van der Waals surface area contributed by atoms with Crippen molar-refractivity contribution in [2.75, 3.05) is 33.3 Å². The van der Waals surface area contributed by atoms with Crippen LogP contribution in [0.4, 0.5) is 0 Å². The van der Waals surface area contributed by atoms with Crippen molar-refractivity contribution < 1.29 is 14.6 Å². The average Bonchev–Trinajstić information content (AvgIpc) is 3.42. The van der Waals surface area contributed by atoms with Gasteiger partial charge in [0.25, 0.3) is 0 Å². The number of hydrogen-bond acceptors (Lipinski definition) is 7. The minimum atomic E-state index is -0.808. The highest BCUT2D eigenvalue weighted by molar-refractivity contribution is 5.88. The first kappa shape index (κ1) is 27.2. The van der Waals surface area contributed by atoms with E-state index >= 15 is 0 Å². The predicted molar refractivity (Wildman–Crippen MR) is 157 cm³/mol. The number of likely N-dealkylation sites (N-methyl/N-ethyl adjacent to an activating group) is 1. The average molecular weight is 552 g/mol. The highest BCUT2D eigenvalue weighted by Crippen LogP contribution is 2.43. The van der Waals surface area contributed by atoms with Crippen LogP contribution in [0.1, 0.15) is 60.5 Å². The zero-order valence-corrected chi connectivity index (χ0v) is 23.7. The van der Waals surface area contributed by atoms with E-state index in [4.69, 9.17) is 14.7 Å². The maximum atomic E-state index is 12.3. The third kappa shape index (κ3) is 5.15. The van der Waals surface area contributed by atoms with Crippen molar-refractivity contribution in [1.29, 1.82) is 5.26 Å². The van der Waals surface area contributed by atoms with E-state index in [-0.39, 0.29) is 17.6 Å². The number of amides is 1. The molecule has 0 radical (unpaired) electrons. The Hall–Kier alpha value is -3.96. The number of nitriles is 1. The Morgan fingerprint density at radius 1 is 1.22 bits per heavy atom. The van der Waals surface area contributed by atoms with Crippen molar-refractivity contribution in [1.82, 2.24) is 19.8 Å². The number of ether oxygens (including phenoxy) is 1. The third-order valence-corrected chi connectivity index (χ3v) is 9.42. The summed E-state index contributed by atoms with van der Waals surface area (Å²) in [6.45, 7) is 6.16. The van der Waals surface area contributed by atoms with E-state index in [0.717, 1.165) is 65.5 Å². The van der Waals surface area contributed by atoms with Gasteiger partial charge in [0.05, 0.1) is 17.5 Å². The summed E-state index contributed by atoms with van der Waals surface area (Å²) in [5.74, 6) is 0.329. The minimum Gasteiger partial charge on any atom is -0.508 e. The first-order valence-electron chi connectivity index (χ1n) is 14.7. The van der Waals surface area contributed by atoms with Gasteiger partial charge in [-0.25, -0.2) is 0 Å². The van der Waals surface area contributed by atoms with Gasteiger partial charge >= 0.3 is 6.01 Å². The van der Waals surface area contributed by atoms with Crippen LogP contribution in [0.25, 0.3) is 10.8 Å². The number of nitrogens with zero attached hydrogens (tertiary/aromatic N) is 5. The smallest absolute Gasteiger partial charge is 0.316 e. The highest BCUT2D eigenvalue weighted by Gasteiger charge is 2.42. The number of carbonyl (C=O) groups is 1. The summed E-state index contributed by atoms with van der Waals surface area (Å²) in [5.41, 5.74) is 3.05. The van der Waals surface area contributed by atoms with Gasteiger partial charge < -0.3 is 19.6 Å². The van der Waals surface area contributed by atoms with Crippen LogP contribution < -0.4 is 4.74 Å². The summed E-state index contributed by atoms with van der Waals surface area (Å²) < 4.78 is 6.26. The van der Waals surface area contributed by atoms with Gasteiger partial charge in [-0.15, -0.1) is 0 Å². The molecule has 0 bridgehead atoms. The highest BCUT2D eigenvalue weighted by atomic mass is 16.5. The molecule has 3 heterocycles. The first-order valence-corrected chi connectivity index (χ1v) is 14.7. The van der Waals surface area contributed by atoms with Crippen LogP contribution in [0.2, 0.25) is 0 Å². The molecule has 212 valence electrons. The van der Waals surface area contributed by atoms with E-state index in [2.05, 4.69) is 30.7 Å². The van der Waals surface area contributed by atoms with E-state index in [1.54, 1.807) is 4.90 Å². The fraction of sp³-hybridized carbons (Fsp3) is 0.455. The minimum absolute atomic E-state index is 0.104. The molecule has 41 heavy (non-hydrogen) atoms. The van der Waals surface area contributed by atoms with Crippen molar-refractivity contribution in [3.05, 3.63) is 71.6 Å². The molecular formula is C33H37N5O3. The van der Waals surface area contributed by atoms with Gasteiger partial charge in [-0.3, -0.25) is 4.79 Å². The summed E-state index contributed by atoms with van der Waals surface area (Å²) in [6.07, 6.45) is 6.88. The number of phenolic OH excluding ortho intramolecular Hbond substituents is 1. The lowest BCUT2D eigenvalue weighted by molar-refractivity contribution is -0.127. The van der Waals surface area contributed by atoms with Crippen molar-refractivity contribution in [2.45, 2.75) is 62.3 Å². The number of hydrogen-bond donors (Lipinski definition) is 1. The number of aromatic nitrogens is 2.